The smallest absolute Gasteiger partial charge is 0.255 e. The third kappa shape index (κ3) is 5.60. The summed E-state index contributed by atoms with van der Waals surface area (Å²) in [6, 6.07) is 20.2. The number of rotatable bonds is 8. The molecule has 0 fully saturated rings. The summed E-state index contributed by atoms with van der Waals surface area (Å²) in [5, 5.41) is 22.0. The van der Waals surface area contributed by atoms with E-state index in [0.29, 0.717) is 27.8 Å². The van der Waals surface area contributed by atoms with Crippen molar-refractivity contribution in [1.29, 1.82) is 5.26 Å². The van der Waals surface area contributed by atoms with Gasteiger partial charge in [0.15, 0.2) is 5.78 Å². The molecular formula is C28H25N3O4S. The molecule has 0 saturated carbocycles. The molecule has 0 aliphatic carbocycles. The number of Topliss-reactive ketones (excluding diaryl/α,β-unsaturated/α-hetero) is 1. The second kappa shape index (κ2) is 10.3. The molecule has 7 nitrogen and oxygen atoms in total. The first-order valence-corrected chi connectivity index (χ1v) is 12.1. The van der Waals surface area contributed by atoms with Crippen molar-refractivity contribution in [3.8, 4) is 17.6 Å². The molecule has 0 spiro atoms. The average molecular weight is 500 g/mol. The Morgan fingerprint density at radius 2 is 1.86 bits per heavy atom. The van der Waals surface area contributed by atoms with Gasteiger partial charge in [-0.05, 0) is 62.2 Å². The SMILES string of the molecule is Cc1ccc(Oc2ccc3nc(CC(=O)CO)sc3c2)cc1NC(=O)c1cccc(C(C)(C)C#N)c1. The van der Waals surface area contributed by atoms with Gasteiger partial charge in [-0.15, -0.1) is 11.3 Å². The number of fused-ring (bicyclic) bond motifs is 1. The molecule has 0 aliphatic rings. The number of amides is 1. The highest BCUT2D eigenvalue weighted by atomic mass is 32.1. The van der Waals surface area contributed by atoms with Crippen LogP contribution in [0.4, 0.5) is 5.69 Å². The predicted octanol–water partition coefficient (Wildman–Crippen LogP) is 5.55. The summed E-state index contributed by atoms with van der Waals surface area (Å²) >= 11 is 1.38. The number of ether oxygens (including phenoxy) is 1. The number of carbonyl (C=O) groups is 2. The molecule has 3 aromatic carbocycles. The van der Waals surface area contributed by atoms with Crippen molar-refractivity contribution < 1.29 is 19.4 Å². The van der Waals surface area contributed by atoms with Gasteiger partial charge in [-0.3, -0.25) is 9.59 Å². The number of nitrogens with zero attached hydrogens (tertiary/aromatic N) is 2. The highest BCUT2D eigenvalue weighted by Crippen LogP contribution is 2.31. The first kappa shape index (κ1) is 25.0. The maximum absolute atomic E-state index is 13.0. The van der Waals surface area contributed by atoms with E-state index in [9.17, 15) is 14.9 Å². The van der Waals surface area contributed by atoms with Crippen LogP contribution in [0.3, 0.4) is 0 Å². The number of anilines is 1. The number of nitriles is 1. The lowest BCUT2D eigenvalue weighted by Gasteiger charge is -2.17. The van der Waals surface area contributed by atoms with Crippen molar-refractivity contribution in [2.45, 2.75) is 32.6 Å². The molecule has 0 aliphatic heterocycles. The standard InChI is InChI=1S/C28H25N3O4S/c1-17-7-8-21(35-22-9-10-23-25(14-22)36-26(30-23)12-20(33)15-32)13-24(17)31-27(34)18-5-4-6-19(11-18)28(2,3)16-29/h4-11,13-14,32H,12,15H2,1-3H3,(H,31,34). The minimum Gasteiger partial charge on any atom is -0.457 e. The van der Waals surface area contributed by atoms with Crippen LogP contribution in [0.25, 0.3) is 10.2 Å². The number of aliphatic hydroxyl groups is 1. The quantitative estimate of drug-likeness (QED) is 0.328. The van der Waals surface area contributed by atoms with Gasteiger partial charge in [-0.1, -0.05) is 18.2 Å². The van der Waals surface area contributed by atoms with Crippen LogP contribution in [0.1, 0.15) is 40.3 Å². The van der Waals surface area contributed by atoms with Gasteiger partial charge in [0, 0.05) is 23.4 Å². The lowest BCUT2D eigenvalue weighted by Crippen LogP contribution is -2.17. The van der Waals surface area contributed by atoms with E-state index in [1.54, 1.807) is 30.3 Å². The molecular weight excluding hydrogens is 474 g/mol. The van der Waals surface area contributed by atoms with Crippen molar-refractivity contribution in [3.05, 3.63) is 82.4 Å². The van der Waals surface area contributed by atoms with Crippen LogP contribution in [-0.4, -0.2) is 28.4 Å². The zero-order chi connectivity index (χ0) is 25.9. The Labute approximate surface area is 213 Å². The number of benzene rings is 3. The third-order valence-corrected chi connectivity index (χ3v) is 6.77. The summed E-state index contributed by atoms with van der Waals surface area (Å²) in [5.74, 6) is 0.593. The molecule has 1 amide bonds. The number of aliphatic hydroxyl groups excluding tert-OH is 1. The fraction of sp³-hybridized carbons (Fsp3) is 0.214. The molecule has 0 atom stereocenters. The maximum Gasteiger partial charge on any atom is 0.255 e. The van der Waals surface area contributed by atoms with Crippen molar-refractivity contribution in [2.24, 2.45) is 0 Å². The van der Waals surface area contributed by atoms with Gasteiger partial charge in [0.25, 0.3) is 5.91 Å². The van der Waals surface area contributed by atoms with E-state index in [1.807, 2.05) is 51.1 Å². The highest BCUT2D eigenvalue weighted by molar-refractivity contribution is 7.18. The monoisotopic (exact) mass is 499 g/mol. The van der Waals surface area contributed by atoms with E-state index in [2.05, 4.69) is 16.4 Å². The molecule has 2 N–H and O–H groups in total. The summed E-state index contributed by atoms with van der Waals surface area (Å²) in [6.07, 6.45) is 0.101. The Morgan fingerprint density at radius 3 is 2.61 bits per heavy atom. The van der Waals surface area contributed by atoms with Crippen LogP contribution in [-0.2, 0) is 16.6 Å². The lowest BCUT2D eigenvalue weighted by molar-refractivity contribution is -0.121. The number of thiazole rings is 1. The van der Waals surface area contributed by atoms with Gasteiger partial charge in [-0.25, -0.2) is 4.98 Å². The summed E-state index contributed by atoms with van der Waals surface area (Å²) < 4.78 is 6.91. The molecule has 1 heterocycles. The number of hydrogen-bond donors (Lipinski definition) is 2. The second-order valence-electron chi connectivity index (χ2n) is 8.96. The Kier molecular flexibility index (Phi) is 7.15. The van der Waals surface area contributed by atoms with Crippen molar-refractivity contribution in [3.63, 3.8) is 0 Å². The molecule has 1 aromatic heterocycles. The number of ketones is 1. The largest absolute Gasteiger partial charge is 0.457 e. The van der Waals surface area contributed by atoms with Gasteiger partial charge in [0.05, 0.1) is 28.1 Å². The minimum absolute atomic E-state index is 0.101. The van der Waals surface area contributed by atoms with E-state index in [1.165, 1.54) is 11.3 Å². The van der Waals surface area contributed by atoms with E-state index in [4.69, 9.17) is 9.84 Å². The number of hydrogen-bond acceptors (Lipinski definition) is 7. The molecule has 36 heavy (non-hydrogen) atoms. The van der Waals surface area contributed by atoms with Crippen LogP contribution >= 0.6 is 11.3 Å². The Morgan fingerprint density at radius 1 is 1.11 bits per heavy atom. The number of aryl methyl sites for hydroxylation is 1. The van der Waals surface area contributed by atoms with Crippen LogP contribution < -0.4 is 10.1 Å². The fourth-order valence-electron chi connectivity index (χ4n) is 3.56. The molecule has 182 valence electrons. The number of aromatic nitrogens is 1. The van der Waals surface area contributed by atoms with Crippen LogP contribution in [0.15, 0.2) is 60.7 Å². The van der Waals surface area contributed by atoms with Crippen LogP contribution in [0, 0.1) is 18.3 Å². The van der Waals surface area contributed by atoms with Gasteiger partial charge in [0.1, 0.15) is 23.1 Å². The van der Waals surface area contributed by atoms with Crippen LogP contribution in [0.5, 0.6) is 11.5 Å². The summed E-state index contributed by atoms with van der Waals surface area (Å²) in [4.78, 5) is 28.9. The molecule has 0 radical (unpaired) electrons. The van der Waals surface area contributed by atoms with Crippen molar-refractivity contribution in [1.82, 2.24) is 4.98 Å². The normalized spacial score (nSPS) is 11.2. The van der Waals surface area contributed by atoms with E-state index in [-0.39, 0.29) is 18.1 Å². The fourth-order valence-corrected chi connectivity index (χ4v) is 4.58. The van der Waals surface area contributed by atoms with E-state index < -0.39 is 12.0 Å². The van der Waals surface area contributed by atoms with E-state index >= 15 is 0 Å². The summed E-state index contributed by atoms with van der Waals surface area (Å²) in [6.45, 7) is 5.02. The number of carbonyl (C=O) groups excluding carboxylic acids is 2. The zero-order valence-electron chi connectivity index (χ0n) is 20.2. The maximum atomic E-state index is 13.0. The molecule has 8 heteroatoms. The van der Waals surface area contributed by atoms with Gasteiger partial charge >= 0.3 is 0 Å². The Bertz CT molecular complexity index is 1500. The van der Waals surface area contributed by atoms with Crippen molar-refractivity contribution in [2.75, 3.05) is 11.9 Å². The van der Waals surface area contributed by atoms with Gasteiger partial charge in [-0.2, -0.15) is 5.26 Å². The molecule has 4 aromatic rings. The molecule has 0 saturated heterocycles. The molecule has 0 unspecified atom stereocenters. The summed E-state index contributed by atoms with van der Waals surface area (Å²) in [7, 11) is 0. The minimum atomic E-state index is -0.700. The first-order chi connectivity index (χ1) is 17.2. The highest BCUT2D eigenvalue weighted by Gasteiger charge is 2.21. The predicted molar refractivity (Wildman–Crippen MR) is 140 cm³/mol. The van der Waals surface area contributed by atoms with Crippen molar-refractivity contribution >= 4 is 38.9 Å². The van der Waals surface area contributed by atoms with Gasteiger partial charge in [0.2, 0.25) is 0 Å². The second-order valence-corrected chi connectivity index (χ2v) is 10.1. The Hall–Kier alpha value is -4.06. The van der Waals surface area contributed by atoms with Gasteiger partial charge < -0.3 is 15.2 Å². The Balaban J connectivity index is 1.52. The topological polar surface area (TPSA) is 112 Å². The molecule has 4 rings (SSSR count). The third-order valence-electron chi connectivity index (χ3n) is 5.75. The van der Waals surface area contributed by atoms with E-state index in [0.717, 1.165) is 21.3 Å². The molecule has 0 bridgehead atoms. The summed E-state index contributed by atoms with van der Waals surface area (Å²) in [5.41, 5.74) is 2.79. The zero-order valence-corrected chi connectivity index (χ0v) is 21.0. The van der Waals surface area contributed by atoms with Crippen LogP contribution in [0.2, 0.25) is 0 Å². The average Bonchev–Trinajstić information content (AvgIpc) is 3.27. The lowest BCUT2D eigenvalue weighted by atomic mass is 9.85. The first-order valence-electron chi connectivity index (χ1n) is 11.3. The number of nitrogens with one attached hydrogen (secondary N) is 1.